The zero-order valence-electron chi connectivity index (χ0n) is 44.3. The third kappa shape index (κ3) is 9.38. The minimum Gasteiger partial charge on any atom is -0.457 e. The summed E-state index contributed by atoms with van der Waals surface area (Å²) in [6, 6.07) is 85.5. The van der Waals surface area contributed by atoms with Crippen LogP contribution in [0.4, 0.5) is 0 Å². The molecular formula is C78H50O3. The molecule has 0 amide bonds. The van der Waals surface area contributed by atoms with Gasteiger partial charge in [0, 0.05) is 66.8 Å². The molecule has 380 valence electrons. The molecular weight excluding hydrogens is 985 g/mol. The van der Waals surface area contributed by atoms with Crippen LogP contribution in [-0.2, 0) is 35.3 Å². The van der Waals surface area contributed by atoms with Crippen molar-refractivity contribution in [2.75, 3.05) is 0 Å². The summed E-state index contributed by atoms with van der Waals surface area (Å²) in [7, 11) is 0. The van der Waals surface area contributed by atoms with Crippen LogP contribution in [-0.4, -0.2) is 11.6 Å². The van der Waals surface area contributed by atoms with Gasteiger partial charge in [0.25, 0.3) is 0 Å². The minimum atomic E-state index is -0.0252. The summed E-state index contributed by atoms with van der Waals surface area (Å²) in [5.74, 6) is 14.7. The smallest absolute Gasteiger partial charge is 0.195 e. The third-order valence-electron chi connectivity index (χ3n) is 16.0. The topological polar surface area (TPSA) is 43.4 Å². The Bertz CT molecular complexity index is 4130. The number of ether oxygens (including phenoxy) is 1. The van der Waals surface area contributed by atoms with Crippen molar-refractivity contribution in [3.8, 4) is 35.2 Å². The van der Waals surface area contributed by atoms with Crippen LogP contribution in [0, 0.1) is 23.7 Å². The number of fused-ring (bicyclic) bond motifs is 2. The SMILES string of the molecule is O=C1C(c2ccccc2)=C(c2ccc(C#Cc3ccc4c(c3)CC4)cc2)C(c2ccc(Oc3ccc(C4=C(c5ccccc5)C(=O)C(c5ccccc5)=C4c4ccc(C#Cc5ccc6c(c5)CC6)cc4)cc3)cc2)=C1c1ccccc1. The van der Waals surface area contributed by atoms with Crippen LogP contribution in [0.15, 0.2) is 255 Å². The van der Waals surface area contributed by atoms with Gasteiger partial charge in [0.15, 0.2) is 11.6 Å². The molecule has 0 atom stereocenters. The molecule has 0 spiro atoms. The predicted octanol–water partition coefficient (Wildman–Crippen LogP) is 16.7. The van der Waals surface area contributed by atoms with Crippen molar-refractivity contribution in [1.29, 1.82) is 0 Å². The molecule has 0 aliphatic heterocycles. The molecule has 10 aromatic carbocycles. The number of carbonyl (C=O) groups excluding carboxylic acids is 2. The Hall–Kier alpha value is -10.6. The highest BCUT2D eigenvalue weighted by molar-refractivity contribution is 6.60. The average Bonchev–Trinajstić information content (AvgIpc) is 4.08. The van der Waals surface area contributed by atoms with Gasteiger partial charge in [-0.25, -0.2) is 0 Å². The quantitative estimate of drug-likeness (QED) is 0.128. The van der Waals surface area contributed by atoms with E-state index in [1.807, 2.05) is 170 Å². The Morgan fingerprint density at radius 2 is 0.481 bits per heavy atom. The molecule has 4 aliphatic carbocycles. The Kier molecular flexibility index (Phi) is 12.6. The molecule has 0 bridgehead atoms. The number of hydrogen-bond acceptors (Lipinski definition) is 3. The van der Waals surface area contributed by atoms with E-state index in [2.05, 4.69) is 109 Å². The van der Waals surface area contributed by atoms with E-state index in [-0.39, 0.29) is 11.6 Å². The van der Waals surface area contributed by atoms with Gasteiger partial charge in [-0.05, 0) is 165 Å². The first-order chi connectivity index (χ1) is 40.0. The molecule has 4 aliphatic rings. The largest absolute Gasteiger partial charge is 0.457 e. The molecule has 0 radical (unpaired) electrons. The molecule has 3 heteroatoms. The van der Waals surface area contributed by atoms with Gasteiger partial charge in [-0.2, -0.15) is 0 Å². The monoisotopic (exact) mass is 1030 g/mol. The summed E-state index contributed by atoms with van der Waals surface area (Å²) in [6.07, 6.45) is 4.52. The van der Waals surface area contributed by atoms with Crippen molar-refractivity contribution in [2.45, 2.75) is 25.7 Å². The zero-order chi connectivity index (χ0) is 54.2. The third-order valence-corrected chi connectivity index (χ3v) is 16.0. The highest BCUT2D eigenvalue weighted by Gasteiger charge is 2.37. The summed E-state index contributed by atoms with van der Waals surface area (Å²) in [6.45, 7) is 0. The minimum absolute atomic E-state index is 0.0252. The molecule has 10 aromatic rings. The van der Waals surface area contributed by atoms with Crippen molar-refractivity contribution in [3.63, 3.8) is 0 Å². The molecule has 14 rings (SSSR count). The molecule has 0 fully saturated rings. The van der Waals surface area contributed by atoms with E-state index < -0.39 is 0 Å². The highest BCUT2D eigenvalue weighted by atomic mass is 16.5. The number of hydrogen-bond donors (Lipinski definition) is 0. The Balaban J connectivity index is 0.802. The van der Waals surface area contributed by atoms with Gasteiger partial charge in [-0.1, -0.05) is 206 Å². The maximum absolute atomic E-state index is 15.1. The maximum Gasteiger partial charge on any atom is 0.195 e. The fourth-order valence-corrected chi connectivity index (χ4v) is 11.7. The lowest BCUT2D eigenvalue weighted by atomic mass is 9.87. The average molecular weight is 1040 g/mol. The van der Waals surface area contributed by atoms with Gasteiger partial charge >= 0.3 is 0 Å². The van der Waals surface area contributed by atoms with Crippen molar-refractivity contribution in [1.82, 2.24) is 0 Å². The summed E-state index contributed by atoms with van der Waals surface area (Å²) < 4.78 is 6.63. The van der Waals surface area contributed by atoms with Crippen LogP contribution in [0.5, 0.6) is 11.5 Å². The number of allylic oxidation sites excluding steroid dienone is 8. The molecule has 0 unspecified atom stereocenters. The first-order valence-corrected chi connectivity index (χ1v) is 27.6. The van der Waals surface area contributed by atoms with Gasteiger partial charge < -0.3 is 4.74 Å². The van der Waals surface area contributed by atoms with Crippen LogP contribution in [0.3, 0.4) is 0 Å². The number of rotatable bonds is 10. The van der Waals surface area contributed by atoms with Crippen LogP contribution >= 0.6 is 0 Å². The number of carbonyl (C=O) groups is 2. The zero-order valence-corrected chi connectivity index (χ0v) is 44.3. The van der Waals surface area contributed by atoms with Crippen LogP contribution in [0.25, 0.3) is 44.6 Å². The second-order valence-corrected chi connectivity index (χ2v) is 20.9. The highest BCUT2D eigenvalue weighted by Crippen LogP contribution is 2.52. The van der Waals surface area contributed by atoms with E-state index in [9.17, 15) is 0 Å². The molecule has 0 N–H and O–H groups in total. The van der Waals surface area contributed by atoms with E-state index >= 15 is 9.59 Å². The van der Waals surface area contributed by atoms with E-state index in [1.54, 1.807) is 0 Å². The van der Waals surface area contributed by atoms with Crippen LogP contribution < -0.4 is 4.74 Å². The van der Waals surface area contributed by atoms with Crippen molar-refractivity contribution in [3.05, 3.63) is 344 Å². The number of ketones is 2. The van der Waals surface area contributed by atoms with Gasteiger partial charge in [0.2, 0.25) is 0 Å². The second kappa shape index (κ2) is 21.0. The first-order valence-electron chi connectivity index (χ1n) is 27.6. The van der Waals surface area contributed by atoms with Gasteiger partial charge in [0.05, 0.1) is 0 Å². The van der Waals surface area contributed by atoms with Crippen molar-refractivity contribution >= 4 is 56.2 Å². The molecule has 0 heterocycles. The summed E-state index contributed by atoms with van der Waals surface area (Å²) in [5, 5.41) is 0. The fraction of sp³-hybridized carbons (Fsp3) is 0.0513. The Labute approximate surface area is 472 Å². The number of benzene rings is 10. The standard InChI is InChI=1S/C78H50O3/c79-77-73(57-13-5-1-6-14-57)69(61-33-25-51(26-34-61)21-23-53-29-31-55-37-39-65(55)49-53)71(75(77)59-17-9-3-10-18-59)63-41-45-67(46-42-63)81-68-47-43-64(44-48-68)72-70(62-35-27-52(28-36-62)22-24-54-30-32-56-38-40-66(56)50-54)74(58-15-7-2-8-16-58)78(80)76(72)60-19-11-4-12-20-60/h1-20,25-36,41-50H,37-40H2. The van der Waals surface area contributed by atoms with E-state index in [0.717, 1.165) is 115 Å². The normalized spacial score (nSPS) is 14.1. The molecule has 0 saturated carbocycles. The summed E-state index contributed by atoms with van der Waals surface area (Å²) >= 11 is 0. The van der Waals surface area contributed by atoms with E-state index in [1.165, 1.54) is 22.3 Å². The van der Waals surface area contributed by atoms with Gasteiger partial charge in [-0.15, -0.1) is 0 Å². The summed E-state index contributed by atoms with van der Waals surface area (Å²) in [5.41, 5.74) is 22.6. The van der Waals surface area contributed by atoms with Gasteiger partial charge in [0.1, 0.15) is 11.5 Å². The van der Waals surface area contributed by atoms with Gasteiger partial charge in [-0.3, -0.25) is 9.59 Å². The maximum atomic E-state index is 15.1. The summed E-state index contributed by atoms with van der Waals surface area (Å²) in [4.78, 5) is 30.2. The van der Waals surface area contributed by atoms with Crippen molar-refractivity contribution < 1.29 is 14.3 Å². The Morgan fingerprint density at radius 3 is 0.753 bits per heavy atom. The molecule has 0 saturated heterocycles. The molecule has 81 heavy (non-hydrogen) atoms. The van der Waals surface area contributed by atoms with E-state index in [0.29, 0.717) is 33.8 Å². The first kappa shape index (κ1) is 48.8. The molecule has 0 aromatic heterocycles. The number of aryl methyl sites for hydroxylation is 4. The molecule has 3 nitrogen and oxygen atoms in total. The van der Waals surface area contributed by atoms with Crippen molar-refractivity contribution in [2.24, 2.45) is 0 Å². The fourth-order valence-electron chi connectivity index (χ4n) is 11.7. The predicted molar refractivity (Wildman–Crippen MR) is 329 cm³/mol. The lowest BCUT2D eigenvalue weighted by molar-refractivity contribution is -0.109. The Morgan fingerprint density at radius 1 is 0.235 bits per heavy atom. The van der Waals surface area contributed by atoms with Crippen LogP contribution in [0.2, 0.25) is 0 Å². The lowest BCUT2D eigenvalue weighted by Crippen LogP contribution is -2.07. The van der Waals surface area contributed by atoms with Crippen LogP contribution in [0.1, 0.15) is 89.0 Å². The van der Waals surface area contributed by atoms with E-state index in [4.69, 9.17) is 4.74 Å². The number of Topliss-reactive ketones (excluding diaryl/α,β-unsaturated/α-hetero) is 2. The second-order valence-electron chi connectivity index (χ2n) is 20.9. The lowest BCUT2D eigenvalue weighted by Gasteiger charge is -2.17.